The van der Waals surface area contributed by atoms with E-state index >= 15 is 0 Å². The van der Waals surface area contributed by atoms with Gasteiger partial charge in [-0.15, -0.1) is 4.91 Å². The minimum absolute atomic E-state index is 0.0468. The maximum absolute atomic E-state index is 12.2. The molecule has 76 valence electrons. The molecule has 1 rings (SSSR count). The smallest absolute Gasteiger partial charge is 0.416 e. The Hall–Kier alpha value is -1.59. The normalized spacial score (nSPS) is 11.1. The molecule has 14 heavy (non-hydrogen) atoms. The largest absolute Gasteiger partial charge is 0.497 e. The summed E-state index contributed by atoms with van der Waals surface area (Å²) in [5.41, 5.74) is -1.26. The molecular weight excluding hydrogens is 199 g/mol. The summed E-state index contributed by atoms with van der Waals surface area (Å²) in [6.07, 6.45) is -4.51. The van der Waals surface area contributed by atoms with Gasteiger partial charge in [0.15, 0.2) is 0 Å². The lowest BCUT2D eigenvalue weighted by Crippen LogP contribution is -2.04. The van der Waals surface area contributed by atoms with E-state index in [0.717, 1.165) is 12.1 Å². The molecule has 0 aromatic heterocycles. The summed E-state index contributed by atoms with van der Waals surface area (Å²) in [5.74, 6) is -0.0468. The van der Waals surface area contributed by atoms with E-state index in [-0.39, 0.29) is 11.4 Å². The number of benzene rings is 1. The highest BCUT2D eigenvalue weighted by Gasteiger charge is 2.31. The standard InChI is InChI=1S/C8H6F3NO2/c1-14-7-3-5(8(9,10)11)2-6(4-7)12-13/h2-4H,1H3. The molecule has 0 aliphatic carbocycles. The van der Waals surface area contributed by atoms with Crippen LogP contribution in [-0.2, 0) is 6.18 Å². The van der Waals surface area contributed by atoms with E-state index in [2.05, 4.69) is 9.91 Å². The van der Waals surface area contributed by atoms with Gasteiger partial charge in [-0.05, 0) is 17.3 Å². The Morgan fingerprint density at radius 3 is 2.36 bits per heavy atom. The van der Waals surface area contributed by atoms with Crippen molar-refractivity contribution in [2.24, 2.45) is 5.18 Å². The molecule has 3 nitrogen and oxygen atoms in total. The molecule has 0 spiro atoms. The monoisotopic (exact) mass is 205 g/mol. The molecule has 1 aromatic rings. The molecule has 0 aliphatic heterocycles. The summed E-state index contributed by atoms with van der Waals surface area (Å²) in [6, 6.07) is 2.59. The zero-order valence-corrected chi connectivity index (χ0v) is 7.13. The number of hydrogen-bond acceptors (Lipinski definition) is 3. The number of ether oxygens (including phenoxy) is 1. The predicted molar refractivity (Wildman–Crippen MR) is 43.5 cm³/mol. The maximum Gasteiger partial charge on any atom is 0.416 e. The van der Waals surface area contributed by atoms with Crippen molar-refractivity contribution in [2.45, 2.75) is 6.18 Å². The van der Waals surface area contributed by atoms with Crippen LogP contribution in [0.1, 0.15) is 5.56 Å². The average molecular weight is 205 g/mol. The third-order valence-corrected chi connectivity index (χ3v) is 1.56. The molecule has 0 saturated carbocycles. The van der Waals surface area contributed by atoms with E-state index in [4.69, 9.17) is 0 Å². The summed E-state index contributed by atoms with van der Waals surface area (Å²) in [5, 5.41) is 2.42. The Balaban J connectivity index is 3.24. The first-order valence-electron chi connectivity index (χ1n) is 3.57. The number of halogens is 3. The topological polar surface area (TPSA) is 38.7 Å². The summed E-state index contributed by atoms with van der Waals surface area (Å²) in [4.78, 5) is 10.1. The Bertz CT molecular complexity index is 349. The molecule has 0 fully saturated rings. The molecule has 0 amide bonds. The van der Waals surface area contributed by atoms with Crippen LogP contribution < -0.4 is 4.74 Å². The Labute approximate surface area is 77.5 Å². The van der Waals surface area contributed by atoms with Gasteiger partial charge in [-0.3, -0.25) is 0 Å². The van der Waals surface area contributed by atoms with E-state index in [1.54, 1.807) is 0 Å². The molecular formula is C8H6F3NO2. The third kappa shape index (κ3) is 2.21. The van der Waals surface area contributed by atoms with Crippen molar-refractivity contribution in [2.75, 3.05) is 7.11 Å². The number of nitrogens with zero attached hydrogens (tertiary/aromatic N) is 1. The van der Waals surface area contributed by atoms with Crippen LogP contribution in [0.2, 0.25) is 0 Å². The van der Waals surface area contributed by atoms with Gasteiger partial charge in [0.1, 0.15) is 11.4 Å². The van der Waals surface area contributed by atoms with Crippen LogP contribution in [0.25, 0.3) is 0 Å². The van der Waals surface area contributed by atoms with Crippen LogP contribution in [0.4, 0.5) is 18.9 Å². The van der Waals surface area contributed by atoms with Gasteiger partial charge in [0, 0.05) is 6.07 Å². The molecule has 0 unspecified atom stereocenters. The van der Waals surface area contributed by atoms with Crippen LogP contribution in [0.15, 0.2) is 23.4 Å². The maximum atomic E-state index is 12.2. The van der Waals surface area contributed by atoms with Crippen molar-refractivity contribution in [3.63, 3.8) is 0 Å². The zero-order chi connectivity index (χ0) is 10.8. The summed E-state index contributed by atoms with van der Waals surface area (Å²) in [7, 11) is 1.21. The number of alkyl halides is 3. The fourth-order valence-electron chi connectivity index (χ4n) is 0.918. The molecule has 0 heterocycles. The van der Waals surface area contributed by atoms with Crippen LogP contribution >= 0.6 is 0 Å². The van der Waals surface area contributed by atoms with E-state index in [1.807, 2.05) is 0 Å². The second-order valence-electron chi connectivity index (χ2n) is 2.51. The molecule has 1 aromatic carbocycles. The number of methoxy groups -OCH3 is 1. The van der Waals surface area contributed by atoms with E-state index in [9.17, 15) is 18.1 Å². The summed E-state index contributed by atoms with van der Waals surface area (Å²) >= 11 is 0. The quantitative estimate of drug-likeness (QED) is 0.695. The molecule has 0 N–H and O–H groups in total. The van der Waals surface area contributed by atoms with E-state index in [0.29, 0.717) is 6.07 Å². The van der Waals surface area contributed by atoms with Crippen molar-refractivity contribution in [1.29, 1.82) is 0 Å². The lowest BCUT2D eigenvalue weighted by Gasteiger charge is -2.08. The molecule has 0 aliphatic rings. The fraction of sp³-hybridized carbons (Fsp3) is 0.250. The highest BCUT2D eigenvalue weighted by atomic mass is 19.4. The Kier molecular flexibility index (Phi) is 2.73. The zero-order valence-electron chi connectivity index (χ0n) is 7.13. The van der Waals surface area contributed by atoms with Crippen LogP contribution in [0, 0.1) is 4.91 Å². The van der Waals surface area contributed by atoms with E-state index in [1.165, 1.54) is 7.11 Å². The summed E-state index contributed by atoms with van der Waals surface area (Å²) in [6.45, 7) is 0. The number of nitroso groups, excluding NO2 is 1. The number of rotatable bonds is 2. The second-order valence-corrected chi connectivity index (χ2v) is 2.51. The van der Waals surface area contributed by atoms with Gasteiger partial charge in [-0.2, -0.15) is 13.2 Å². The lowest BCUT2D eigenvalue weighted by molar-refractivity contribution is -0.137. The van der Waals surface area contributed by atoms with Crippen molar-refractivity contribution in [3.8, 4) is 5.75 Å². The van der Waals surface area contributed by atoms with Crippen molar-refractivity contribution >= 4 is 5.69 Å². The summed E-state index contributed by atoms with van der Waals surface area (Å²) < 4.78 is 41.3. The minimum atomic E-state index is -4.51. The average Bonchev–Trinajstić information content (AvgIpc) is 2.15. The molecule has 0 atom stereocenters. The van der Waals surface area contributed by atoms with Gasteiger partial charge in [0.05, 0.1) is 12.7 Å². The first kappa shape index (κ1) is 10.5. The van der Waals surface area contributed by atoms with Crippen LogP contribution in [0.5, 0.6) is 5.75 Å². The van der Waals surface area contributed by atoms with Gasteiger partial charge in [0.25, 0.3) is 0 Å². The van der Waals surface area contributed by atoms with Gasteiger partial charge in [-0.25, -0.2) is 0 Å². The molecule has 0 radical (unpaired) electrons. The third-order valence-electron chi connectivity index (χ3n) is 1.56. The Morgan fingerprint density at radius 2 is 1.93 bits per heavy atom. The fourth-order valence-corrected chi connectivity index (χ4v) is 0.918. The first-order valence-corrected chi connectivity index (χ1v) is 3.57. The first-order chi connectivity index (χ1) is 6.47. The van der Waals surface area contributed by atoms with Crippen molar-refractivity contribution in [1.82, 2.24) is 0 Å². The SMILES string of the molecule is COc1cc(N=O)cc(C(F)(F)F)c1. The highest BCUT2D eigenvalue weighted by molar-refractivity contribution is 5.47. The van der Waals surface area contributed by atoms with Gasteiger partial charge < -0.3 is 4.74 Å². The molecule has 0 saturated heterocycles. The van der Waals surface area contributed by atoms with Crippen molar-refractivity contribution in [3.05, 3.63) is 28.7 Å². The predicted octanol–water partition coefficient (Wildman–Crippen LogP) is 3.11. The van der Waals surface area contributed by atoms with Gasteiger partial charge in [0.2, 0.25) is 0 Å². The minimum Gasteiger partial charge on any atom is -0.497 e. The van der Waals surface area contributed by atoms with Gasteiger partial charge in [-0.1, -0.05) is 0 Å². The van der Waals surface area contributed by atoms with Crippen LogP contribution in [0.3, 0.4) is 0 Å². The highest BCUT2D eigenvalue weighted by Crippen LogP contribution is 2.34. The lowest BCUT2D eigenvalue weighted by atomic mass is 10.2. The molecule has 6 heteroatoms. The number of hydrogen-bond donors (Lipinski definition) is 0. The molecule has 0 bridgehead atoms. The van der Waals surface area contributed by atoms with Crippen molar-refractivity contribution < 1.29 is 17.9 Å². The van der Waals surface area contributed by atoms with Gasteiger partial charge >= 0.3 is 6.18 Å². The Morgan fingerprint density at radius 1 is 1.29 bits per heavy atom. The second kappa shape index (κ2) is 3.65. The van der Waals surface area contributed by atoms with E-state index < -0.39 is 11.7 Å². The van der Waals surface area contributed by atoms with Crippen LogP contribution in [-0.4, -0.2) is 7.11 Å².